The van der Waals surface area contributed by atoms with E-state index in [1.807, 2.05) is 24.4 Å². The highest BCUT2D eigenvalue weighted by Crippen LogP contribution is 2.28. The van der Waals surface area contributed by atoms with Crippen LogP contribution in [-0.4, -0.2) is 11.6 Å². The molecule has 1 aromatic carbocycles. The average Bonchev–Trinajstić information content (AvgIpc) is 2.68. The Morgan fingerprint density at radius 2 is 2.13 bits per heavy atom. The molecule has 0 fully saturated rings. The van der Waals surface area contributed by atoms with E-state index in [4.69, 9.17) is 4.74 Å². The Morgan fingerprint density at radius 1 is 1.33 bits per heavy atom. The summed E-state index contributed by atoms with van der Waals surface area (Å²) in [6.07, 6.45) is 0. The molecule has 0 saturated heterocycles. The van der Waals surface area contributed by atoms with E-state index in [1.165, 1.54) is 11.1 Å². The van der Waals surface area contributed by atoms with Gasteiger partial charge in [0.15, 0.2) is 0 Å². The van der Waals surface area contributed by atoms with Crippen molar-refractivity contribution in [3.8, 4) is 16.5 Å². The number of aromatic nitrogens is 1. The summed E-state index contributed by atoms with van der Waals surface area (Å²) >= 11 is 1.54. The van der Waals surface area contributed by atoms with Crippen molar-refractivity contribution in [3.63, 3.8) is 0 Å². The zero-order valence-corrected chi connectivity index (χ0v) is 9.67. The maximum absolute atomic E-state index is 5.36. The van der Waals surface area contributed by atoms with Gasteiger partial charge >= 0.3 is 0 Å². The summed E-state index contributed by atoms with van der Waals surface area (Å²) in [5, 5.41) is 2.78. The molecule has 78 valence electrons. The van der Waals surface area contributed by atoms with Gasteiger partial charge in [0.25, 0.3) is 5.19 Å². The van der Waals surface area contributed by atoms with E-state index in [-0.39, 0.29) is 0 Å². The van der Waals surface area contributed by atoms with Crippen LogP contribution < -0.4 is 4.74 Å². The van der Waals surface area contributed by atoms with Gasteiger partial charge < -0.3 is 4.74 Å². The third-order valence-corrected chi connectivity index (χ3v) is 2.92. The molecule has 0 atom stereocenters. The van der Waals surface area contributed by atoms with Crippen LogP contribution in [0.25, 0.3) is 11.3 Å². The topological polar surface area (TPSA) is 22.1 Å². The molecule has 2 nitrogen and oxygen atoms in total. The number of thiazole rings is 1. The average molecular weight is 219 g/mol. The van der Waals surface area contributed by atoms with E-state index < -0.39 is 0 Å². The van der Waals surface area contributed by atoms with Crippen LogP contribution in [0.15, 0.2) is 29.6 Å². The molecule has 2 aromatic rings. The largest absolute Gasteiger partial charge is 0.470 e. The maximum atomic E-state index is 5.36. The zero-order valence-electron chi connectivity index (χ0n) is 8.86. The predicted octanol–water partition coefficient (Wildman–Crippen LogP) is 3.52. The molecule has 0 spiro atoms. The molecule has 0 aliphatic carbocycles. The molecule has 15 heavy (non-hydrogen) atoms. The predicted molar refractivity (Wildman–Crippen MR) is 63.5 cm³/mol. The third kappa shape index (κ3) is 2.18. The molecule has 0 aliphatic heterocycles. The highest BCUT2D eigenvalue weighted by molar-refractivity contribution is 7.11. The minimum absolute atomic E-state index is 0.667. The van der Waals surface area contributed by atoms with Crippen LogP contribution in [0.4, 0.5) is 0 Å². The first-order valence-electron chi connectivity index (χ1n) is 4.95. The highest BCUT2D eigenvalue weighted by Gasteiger charge is 2.06. The summed E-state index contributed by atoms with van der Waals surface area (Å²) in [6.45, 7) is 4.73. The Balaban J connectivity index is 2.33. The molecule has 0 radical (unpaired) electrons. The molecular formula is C12H13NOS. The van der Waals surface area contributed by atoms with Crippen molar-refractivity contribution >= 4 is 11.3 Å². The number of aryl methyl sites for hydroxylation is 1. The maximum Gasteiger partial charge on any atom is 0.273 e. The van der Waals surface area contributed by atoms with E-state index in [1.54, 1.807) is 11.3 Å². The van der Waals surface area contributed by atoms with Gasteiger partial charge in [0.05, 0.1) is 12.3 Å². The second kappa shape index (κ2) is 4.45. The first-order valence-corrected chi connectivity index (χ1v) is 5.83. The van der Waals surface area contributed by atoms with E-state index in [9.17, 15) is 0 Å². The van der Waals surface area contributed by atoms with Crippen LogP contribution >= 0.6 is 11.3 Å². The van der Waals surface area contributed by atoms with Gasteiger partial charge in [0, 0.05) is 10.9 Å². The fourth-order valence-corrected chi connectivity index (χ4v) is 2.16. The van der Waals surface area contributed by atoms with Gasteiger partial charge in [-0.25, -0.2) is 4.98 Å². The monoisotopic (exact) mass is 219 g/mol. The Morgan fingerprint density at radius 3 is 2.87 bits per heavy atom. The second-order valence-corrected chi connectivity index (χ2v) is 4.07. The van der Waals surface area contributed by atoms with Crippen LogP contribution in [0.3, 0.4) is 0 Å². The fraction of sp³-hybridized carbons (Fsp3) is 0.250. The van der Waals surface area contributed by atoms with Crippen molar-refractivity contribution in [3.05, 3.63) is 35.2 Å². The molecule has 0 N–H and O–H groups in total. The van der Waals surface area contributed by atoms with E-state index >= 15 is 0 Å². The number of nitrogens with zero attached hydrogens (tertiary/aromatic N) is 1. The molecule has 0 amide bonds. The van der Waals surface area contributed by atoms with Crippen LogP contribution in [0, 0.1) is 6.92 Å². The van der Waals surface area contributed by atoms with Gasteiger partial charge in [0.1, 0.15) is 0 Å². The minimum Gasteiger partial charge on any atom is -0.470 e. The molecule has 0 saturated carbocycles. The van der Waals surface area contributed by atoms with Crippen molar-refractivity contribution in [2.24, 2.45) is 0 Å². The van der Waals surface area contributed by atoms with Crippen molar-refractivity contribution in [2.45, 2.75) is 13.8 Å². The quantitative estimate of drug-likeness (QED) is 0.788. The Labute approximate surface area is 93.6 Å². The van der Waals surface area contributed by atoms with Gasteiger partial charge in [-0.15, -0.1) is 0 Å². The summed E-state index contributed by atoms with van der Waals surface area (Å²) in [6, 6.07) is 8.24. The molecule has 1 heterocycles. The van der Waals surface area contributed by atoms with Crippen molar-refractivity contribution in [1.29, 1.82) is 0 Å². The van der Waals surface area contributed by atoms with Gasteiger partial charge in [0.2, 0.25) is 0 Å². The van der Waals surface area contributed by atoms with Crippen LogP contribution in [0.2, 0.25) is 0 Å². The Hall–Kier alpha value is -1.35. The summed E-state index contributed by atoms with van der Waals surface area (Å²) in [5.41, 5.74) is 3.42. The molecule has 0 unspecified atom stereocenters. The summed E-state index contributed by atoms with van der Waals surface area (Å²) < 4.78 is 5.36. The van der Waals surface area contributed by atoms with Crippen molar-refractivity contribution < 1.29 is 4.74 Å². The van der Waals surface area contributed by atoms with Gasteiger partial charge in [-0.05, 0) is 19.4 Å². The number of ether oxygens (including phenoxy) is 1. The van der Waals surface area contributed by atoms with Gasteiger partial charge in [-0.3, -0.25) is 0 Å². The third-order valence-electron chi connectivity index (χ3n) is 2.17. The van der Waals surface area contributed by atoms with Crippen molar-refractivity contribution in [2.75, 3.05) is 6.61 Å². The van der Waals surface area contributed by atoms with E-state index in [2.05, 4.69) is 24.0 Å². The molecular weight excluding hydrogens is 206 g/mol. The molecule has 2 rings (SSSR count). The second-order valence-electron chi connectivity index (χ2n) is 3.25. The fourth-order valence-electron chi connectivity index (χ4n) is 1.43. The van der Waals surface area contributed by atoms with Crippen LogP contribution in [0.5, 0.6) is 5.19 Å². The number of hydrogen-bond donors (Lipinski definition) is 0. The van der Waals surface area contributed by atoms with Gasteiger partial charge in [-0.2, -0.15) is 0 Å². The lowest BCUT2D eigenvalue weighted by Gasteiger charge is -2.00. The number of rotatable bonds is 3. The standard InChI is InChI=1S/C12H13NOS/c1-3-14-12-13-11(8-15-12)10-7-5-4-6-9(10)2/h4-8H,3H2,1-2H3. The SMILES string of the molecule is CCOc1nc(-c2ccccc2C)cs1. The van der Waals surface area contributed by atoms with Crippen LogP contribution in [0.1, 0.15) is 12.5 Å². The normalized spacial score (nSPS) is 10.3. The Kier molecular flexibility index (Phi) is 3.02. The number of hydrogen-bond acceptors (Lipinski definition) is 3. The summed E-state index contributed by atoms with van der Waals surface area (Å²) in [4.78, 5) is 4.43. The summed E-state index contributed by atoms with van der Waals surface area (Å²) in [5.74, 6) is 0. The zero-order chi connectivity index (χ0) is 10.7. The lowest BCUT2D eigenvalue weighted by atomic mass is 10.1. The molecule has 3 heteroatoms. The first kappa shape index (κ1) is 10.2. The smallest absolute Gasteiger partial charge is 0.273 e. The van der Waals surface area contributed by atoms with E-state index in [0.29, 0.717) is 6.61 Å². The highest BCUT2D eigenvalue weighted by atomic mass is 32.1. The molecule has 0 aliphatic rings. The van der Waals surface area contributed by atoms with Crippen molar-refractivity contribution in [1.82, 2.24) is 4.98 Å². The lowest BCUT2D eigenvalue weighted by Crippen LogP contribution is -1.90. The lowest BCUT2D eigenvalue weighted by molar-refractivity contribution is 0.338. The molecule has 1 aromatic heterocycles. The molecule has 0 bridgehead atoms. The van der Waals surface area contributed by atoms with Gasteiger partial charge in [-0.1, -0.05) is 35.6 Å². The summed E-state index contributed by atoms with van der Waals surface area (Å²) in [7, 11) is 0. The van der Waals surface area contributed by atoms with E-state index in [0.717, 1.165) is 10.9 Å². The number of benzene rings is 1. The van der Waals surface area contributed by atoms with Crippen LogP contribution in [-0.2, 0) is 0 Å². The minimum atomic E-state index is 0.667. The first-order chi connectivity index (χ1) is 7.31. The Bertz CT molecular complexity index is 450.